The third-order valence-corrected chi connectivity index (χ3v) is 6.23. The summed E-state index contributed by atoms with van der Waals surface area (Å²) in [6.45, 7) is 2.86. The fraction of sp³-hybridized carbons (Fsp3) is 0.476. The van der Waals surface area contributed by atoms with Crippen LogP contribution in [0.25, 0.3) is 0 Å². The molecule has 2 aliphatic heterocycles. The van der Waals surface area contributed by atoms with Crippen LogP contribution in [0.3, 0.4) is 0 Å². The van der Waals surface area contributed by atoms with Crippen molar-refractivity contribution >= 4 is 23.1 Å². The molecule has 1 amide bonds. The normalized spacial score (nSPS) is 24.2. The van der Waals surface area contributed by atoms with Crippen LogP contribution in [0, 0.1) is 11.3 Å². The quantitative estimate of drug-likeness (QED) is 0.812. The SMILES string of the molecule is N#Cc1ccc(NC[C@@H]2CC[C@]3(COCCN(C(=O)Cc4cccs4)C3)O2)nc1. The molecule has 2 saturated heterocycles. The number of pyridine rings is 1. The minimum Gasteiger partial charge on any atom is -0.377 e. The Hall–Kier alpha value is -2.47. The minimum atomic E-state index is -0.438. The highest BCUT2D eigenvalue weighted by atomic mass is 32.1. The van der Waals surface area contributed by atoms with Gasteiger partial charge in [-0.15, -0.1) is 11.3 Å². The van der Waals surface area contributed by atoms with Gasteiger partial charge in [0.15, 0.2) is 0 Å². The molecular weight excluding hydrogens is 388 g/mol. The smallest absolute Gasteiger partial charge is 0.228 e. The van der Waals surface area contributed by atoms with E-state index in [1.165, 1.54) is 0 Å². The van der Waals surface area contributed by atoms with Gasteiger partial charge < -0.3 is 19.7 Å². The summed E-state index contributed by atoms with van der Waals surface area (Å²) in [5.41, 5.74) is 0.0982. The van der Waals surface area contributed by atoms with Gasteiger partial charge in [-0.05, 0) is 36.4 Å². The van der Waals surface area contributed by atoms with Crippen LogP contribution in [0.1, 0.15) is 23.3 Å². The van der Waals surface area contributed by atoms with E-state index >= 15 is 0 Å². The number of hydrogen-bond donors (Lipinski definition) is 1. The Kier molecular flexibility index (Phi) is 6.09. The molecule has 2 aromatic rings. The number of carbonyl (C=O) groups is 1. The van der Waals surface area contributed by atoms with Crippen LogP contribution in [0.5, 0.6) is 0 Å². The van der Waals surface area contributed by atoms with Gasteiger partial charge in [0.05, 0.1) is 37.8 Å². The van der Waals surface area contributed by atoms with Gasteiger partial charge >= 0.3 is 0 Å². The second kappa shape index (κ2) is 8.91. The van der Waals surface area contributed by atoms with Gasteiger partial charge in [-0.1, -0.05) is 6.07 Å². The Bertz CT molecular complexity index is 865. The molecule has 0 bridgehead atoms. The van der Waals surface area contributed by atoms with Gasteiger partial charge in [0.1, 0.15) is 17.5 Å². The van der Waals surface area contributed by atoms with Crippen molar-refractivity contribution in [2.75, 3.05) is 38.2 Å². The van der Waals surface area contributed by atoms with Crippen molar-refractivity contribution < 1.29 is 14.3 Å². The van der Waals surface area contributed by atoms with E-state index in [0.717, 1.165) is 23.5 Å². The summed E-state index contributed by atoms with van der Waals surface area (Å²) in [5.74, 6) is 0.850. The van der Waals surface area contributed by atoms with Crippen LogP contribution >= 0.6 is 11.3 Å². The zero-order valence-electron chi connectivity index (χ0n) is 16.2. The third kappa shape index (κ3) is 4.93. The van der Waals surface area contributed by atoms with Crippen LogP contribution in [-0.4, -0.2) is 60.3 Å². The van der Waals surface area contributed by atoms with Crippen molar-refractivity contribution in [2.24, 2.45) is 0 Å². The van der Waals surface area contributed by atoms with Gasteiger partial charge in [0.2, 0.25) is 5.91 Å². The first-order chi connectivity index (χ1) is 14.2. The number of rotatable bonds is 5. The molecule has 2 fully saturated rings. The number of nitrogens with one attached hydrogen (secondary N) is 1. The summed E-state index contributed by atoms with van der Waals surface area (Å²) in [6, 6.07) is 9.57. The maximum atomic E-state index is 12.8. The highest BCUT2D eigenvalue weighted by molar-refractivity contribution is 7.10. The number of aromatic nitrogens is 1. The van der Waals surface area contributed by atoms with Gasteiger partial charge in [-0.3, -0.25) is 4.79 Å². The maximum Gasteiger partial charge on any atom is 0.228 e. The molecule has 0 aromatic carbocycles. The lowest BCUT2D eigenvalue weighted by molar-refractivity contribution is -0.135. The molecule has 7 nitrogen and oxygen atoms in total. The minimum absolute atomic E-state index is 0.0309. The van der Waals surface area contributed by atoms with E-state index in [4.69, 9.17) is 14.7 Å². The molecule has 0 saturated carbocycles. The zero-order valence-corrected chi connectivity index (χ0v) is 17.0. The Morgan fingerprint density at radius 2 is 2.38 bits per heavy atom. The monoisotopic (exact) mass is 412 g/mol. The molecule has 1 N–H and O–H groups in total. The summed E-state index contributed by atoms with van der Waals surface area (Å²) in [6.07, 6.45) is 3.78. The molecule has 29 heavy (non-hydrogen) atoms. The standard InChI is InChI=1S/C21H24N4O3S/c22-11-16-3-4-19(23-12-16)24-13-17-5-6-21(28-17)14-25(7-8-27-15-21)20(26)10-18-2-1-9-29-18/h1-4,9,12,17H,5-8,10,13-15H2,(H,23,24)/t17-,21-/m0/s1. The molecule has 4 rings (SSSR count). The average Bonchev–Trinajstić information content (AvgIpc) is 3.34. The summed E-state index contributed by atoms with van der Waals surface area (Å²) >= 11 is 1.61. The molecule has 2 atom stereocenters. The second-order valence-corrected chi connectivity index (χ2v) is 8.54. The lowest BCUT2D eigenvalue weighted by atomic mass is 10.00. The molecular formula is C21H24N4O3S. The number of nitriles is 1. The first-order valence-electron chi connectivity index (χ1n) is 9.82. The number of thiophene rings is 1. The molecule has 2 aliphatic rings. The number of amides is 1. The van der Waals surface area contributed by atoms with Crippen molar-refractivity contribution in [2.45, 2.75) is 31.0 Å². The largest absolute Gasteiger partial charge is 0.377 e. The van der Waals surface area contributed by atoms with Crippen LogP contribution in [0.2, 0.25) is 0 Å². The summed E-state index contributed by atoms with van der Waals surface area (Å²) < 4.78 is 12.2. The van der Waals surface area contributed by atoms with Gasteiger partial charge in [-0.25, -0.2) is 4.98 Å². The lowest BCUT2D eigenvalue weighted by Gasteiger charge is -2.32. The summed E-state index contributed by atoms with van der Waals surface area (Å²) in [5, 5.41) is 14.1. The fourth-order valence-corrected chi connectivity index (χ4v) is 4.53. The van der Waals surface area contributed by atoms with Gasteiger partial charge in [-0.2, -0.15) is 5.26 Å². The van der Waals surface area contributed by atoms with Crippen molar-refractivity contribution in [1.29, 1.82) is 5.26 Å². The van der Waals surface area contributed by atoms with E-state index in [2.05, 4.69) is 16.4 Å². The molecule has 0 radical (unpaired) electrons. The van der Waals surface area contributed by atoms with Crippen LogP contribution in [0.4, 0.5) is 5.82 Å². The number of hydrogen-bond acceptors (Lipinski definition) is 7. The van der Waals surface area contributed by atoms with Crippen molar-refractivity contribution in [3.8, 4) is 6.07 Å². The predicted octanol–water partition coefficient (Wildman–Crippen LogP) is 2.45. The Morgan fingerprint density at radius 3 is 3.14 bits per heavy atom. The van der Waals surface area contributed by atoms with E-state index < -0.39 is 5.60 Å². The molecule has 0 aliphatic carbocycles. The summed E-state index contributed by atoms with van der Waals surface area (Å²) in [7, 11) is 0. The predicted molar refractivity (Wildman–Crippen MR) is 110 cm³/mol. The number of nitrogens with zero attached hydrogens (tertiary/aromatic N) is 3. The Morgan fingerprint density at radius 1 is 1.45 bits per heavy atom. The zero-order chi connectivity index (χ0) is 20.1. The second-order valence-electron chi connectivity index (χ2n) is 7.51. The van der Waals surface area contributed by atoms with E-state index in [9.17, 15) is 4.79 Å². The highest BCUT2D eigenvalue weighted by Crippen LogP contribution is 2.33. The first kappa shape index (κ1) is 19.8. The Labute approximate surface area is 174 Å². The number of anilines is 1. The van der Waals surface area contributed by atoms with E-state index in [-0.39, 0.29) is 12.0 Å². The highest BCUT2D eigenvalue weighted by Gasteiger charge is 2.43. The molecule has 152 valence electrons. The van der Waals surface area contributed by atoms with Gasteiger partial charge in [0, 0.05) is 24.2 Å². The molecule has 2 aromatic heterocycles. The van der Waals surface area contributed by atoms with E-state index in [0.29, 0.717) is 44.8 Å². The molecule has 4 heterocycles. The van der Waals surface area contributed by atoms with Crippen molar-refractivity contribution in [3.63, 3.8) is 0 Å². The van der Waals surface area contributed by atoms with Crippen molar-refractivity contribution in [3.05, 3.63) is 46.3 Å². The topological polar surface area (TPSA) is 87.5 Å². The van der Waals surface area contributed by atoms with Crippen LogP contribution < -0.4 is 5.32 Å². The number of ether oxygens (including phenoxy) is 2. The van der Waals surface area contributed by atoms with Crippen molar-refractivity contribution in [1.82, 2.24) is 9.88 Å². The maximum absolute atomic E-state index is 12.8. The van der Waals surface area contributed by atoms with E-state index in [1.54, 1.807) is 29.7 Å². The van der Waals surface area contributed by atoms with Crippen LogP contribution in [-0.2, 0) is 20.7 Å². The van der Waals surface area contributed by atoms with Gasteiger partial charge in [0.25, 0.3) is 0 Å². The third-order valence-electron chi connectivity index (χ3n) is 5.35. The number of carbonyl (C=O) groups excluding carboxylic acids is 1. The Balaban J connectivity index is 1.33. The average molecular weight is 413 g/mol. The van der Waals surface area contributed by atoms with E-state index in [1.807, 2.05) is 22.4 Å². The molecule has 1 spiro atoms. The molecule has 8 heteroatoms. The lowest BCUT2D eigenvalue weighted by Crippen LogP contribution is -2.47. The molecule has 0 unspecified atom stereocenters. The first-order valence-corrected chi connectivity index (χ1v) is 10.7. The summed E-state index contributed by atoms with van der Waals surface area (Å²) in [4.78, 5) is 20.0. The fourth-order valence-electron chi connectivity index (χ4n) is 3.84. The van der Waals surface area contributed by atoms with Crippen LogP contribution in [0.15, 0.2) is 35.8 Å².